The Bertz CT molecular complexity index is 1050. The van der Waals surface area contributed by atoms with Gasteiger partial charge in [0.2, 0.25) is 5.96 Å². The van der Waals surface area contributed by atoms with Crippen LogP contribution in [0.2, 0.25) is 0 Å². The number of nitrogens with two attached hydrogens (primary N) is 3. The zero-order valence-corrected chi connectivity index (χ0v) is 13.6. The number of aromatic nitrogens is 1. The normalized spacial score (nSPS) is 11.3. The molecule has 0 unspecified atom stereocenters. The number of hydrogen-bond acceptors (Lipinski definition) is 3. The van der Waals surface area contributed by atoms with Crippen molar-refractivity contribution in [3.8, 4) is 11.3 Å². The van der Waals surface area contributed by atoms with Gasteiger partial charge in [-0.05, 0) is 24.3 Å². The number of pyridine rings is 1. The van der Waals surface area contributed by atoms with Gasteiger partial charge in [0.15, 0.2) is 5.96 Å². The minimum Gasteiger partial charge on any atom is -0.478 e. The molecule has 2 aromatic carbocycles. The highest BCUT2D eigenvalue weighted by Gasteiger charge is 2.12. The lowest BCUT2D eigenvalue weighted by Gasteiger charge is -2.07. The predicted octanol–water partition coefficient (Wildman–Crippen LogP) is 1.82. The summed E-state index contributed by atoms with van der Waals surface area (Å²) in [5.74, 6) is -1.29. The van der Waals surface area contributed by atoms with Gasteiger partial charge in [0.1, 0.15) is 0 Å². The second kappa shape index (κ2) is 6.89. The number of benzene rings is 2. The maximum Gasteiger partial charge on any atom is 0.336 e. The van der Waals surface area contributed by atoms with Crippen molar-refractivity contribution in [2.75, 3.05) is 0 Å². The van der Waals surface area contributed by atoms with Gasteiger partial charge in [-0.1, -0.05) is 30.3 Å². The quantitative estimate of drug-likeness (QED) is 0.418. The Labute approximate surface area is 148 Å². The van der Waals surface area contributed by atoms with Crippen LogP contribution in [0.15, 0.2) is 64.6 Å². The minimum absolute atomic E-state index is 0.0835. The van der Waals surface area contributed by atoms with Crippen molar-refractivity contribution < 1.29 is 9.90 Å². The monoisotopic (exact) mass is 348 g/mol. The number of carboxylic acid groups (broad SMARTS) is 1. The molecule has 0 saturated carbocycles. The fourth-order valence-corrected chi connectivity index (χ4v) is 2.52. The van der Waals surface area contributed by atoms with Crippen molar-refractivity contribution >= 4 is 34.5 Å². The largest absolute Gasteiger partial charge is 0.478 e. The predicted molar refractivity (Wildman–Crippen MR) is 101 cm³/mol. The maximum atomic E-state index is 11.6. The second-order valence-corrected chi connectivity index (χ2v) is 5.43. The average Bonchev–Trinajstić information content (AvgIpc) is 2.60. The summed E-state index contributed by atoms with van der Waals surface area (Å²) in [6.45, 7) is 0. The number of carboxylic acids is 1. The molecule has 0 fully saturated rings. The molecule has 0 bridgehead atoms. The van der Waals surface area contributed by atoms with Crippen molar-refractivity contribution in [1.29, 1.82) is 0 Å². The third-order valence-corrected chi connectivity index (χ3v) is 3.58. The molecule has 1 heterocycles. The van der Waals surface area contributed by atoms with E-state index in [0.717, 1.165) is 0 Å². The molecule has 0 aliphatic carbocycles. The van der Waals surface area contributed by atoms with Crippen LogP contribution in [0.3, 0.4) is 0 Å². The molecule has 0 saturated heterocycles. The van der Waals surface area contributed by atoms with Crippen molar-refractivity contribution in [1.82, 2.24) is 4.98 Å². The van der Waals surface area contributed by atoms with E-state index in [0.29, 0.717) is 27.8 Å². The zero-order valence-electron chi connectivity index (χ0n) is 13.6. The van der Waals surface area contributed by atoms with Crippen LogP contribution in [0.1, 0.15) is 10.4 Å². The van der Waals surface area contributed by atoms with E-state index in [-0.39, 0.29) is 17.5 Å². The van der Waals surface area contributed by atoms with Gasteiger partial charge < -0.3 is 22.3 Å². The van der Waals surface area contributed by atoms with Gasteiger partial charge in [0, 0.05) is 10.9 Å². The van der Waals surface area contributed by atoms with E-state index in [2.05, 4.69) is 15.0 Å². The van der Waals surface area contributed by atoms with Crippen molar-refractivity contribution in [2.45, 2.75) is 0 Å². The van der Waals surface area contributed by atoms with E-state index in [1.807, 2.05) is 0 Å². The molecule has 0 spiro atoms. The molecular formula is C18H16N6O2. The van der Waals surface area contributed by atoms with E-state index < -0.39 is 5.97 Å². The summed E-state index contributed by atoms with van der Waals surface area (Å²) < 4.78 is 0. The van der Waals surface area contributed by atoms with Gasteiger partial charge in [-0.3, -0.25) is 0 Å². The zero-order chi connectivity index (χ0) is 18.7. The molecular weight excluding hydrogens is 332 g/mol. The third-order valence-electron chi connectivity index (χ3n) is 3.58. The van der Waals surface area contributed by atoms with Crippen LogP contribution in [-0.4, -0.2) is 28.0 Å². The number of guanidine groups is 2. The van der Waals surface area contributed by atoms with E-state index in [9.17, 15) is 9.90 Å². The molecule has 0 aliphatic heterocycles. The Morgan fingerprint density at radius 1 is 1.00 bits per heavy atom. The van der Waals surface area contributed by atoms with E-state index in [1.165, 1.54) is 6.07 Å². The summed E-state index contributed by atoms with van der Waals surface area (Å²) in [7, 11) is 0. The highest BCUT2D eigenvalue weighted by molar-refractivity contribution is 6.03. The number of nitrogens with zero attached hydrogens (tertiary/aromatic N) is 3. The Balaban J connectivity index is 2.11. The lowest BCUT2D eigenvalue weighted by Crippen LogP contribution is -2.26. The number of carbonyl (C=O) groups is 1. The first-order valence-electron chi connectivity index (χ1n) is 7.61. The highest BCUT2D eigenvalue weighted by Crippen LogP contribution is 2.27. The van der Waals surface area contributed by atoms with Crippen molar-refractivity contribution in [3.05, 3.63) is 60.2 Å². The van der Waals surface area contributed by atoms with E-state index in [1.54, 1.807) is 48.5 Å². The van der Waals surface area contributed by atoms with Crippen molar-refractivity contribution in [3.63, 3.8) is 0 Å². The summed E-state index contributed by atoms with van der Waals surface area (Å²) in [5, 5.41) is 10.1. The Morgan fingerprint density at radius 2 is 1.77 bits per heavy atom. The van der Waals surface area contributed by atoms with Crippen LogP contribution >= 0.6 is 0 Å². The molecule has 0 amide bonds. The van der Waals surface area contributed by atoms with Gasteiger partial charge in [-0.15, -0.1) is 0 Å². The fraction of sp³-hybridized carbons (Fsp3) is 0. The number of rotatable bonds is 3. The van der Waals surface area contributed by atoms with Gasteiger partial charge >= 0.3 is 5.97 Å². The summed E-state index contributed by atoms with van der Waals surface area (Å²) in [5.41, 5.74) is 18.7. The molecule has 8 heteroatoms. The number of aromatic carboxylic acids is 1. The van der Waals surface area contributed by atoms with Gasteiger partial charge in [-0.2, -0.15) is 4.99 Å². The Morgan fingerprint density at radius 3 is 2.50 bits per heavy atom. The molecule has 1 aromatic heterocycles. The van der Waals surface area contributed by atoms with Crippen LogP contribution in [0.25, 0.3) is 22.2 Å². The van der Waals surface area contributed by atoms with Crippen LogP contribution in [-0.2, 0) is 0 Å². The molecule has 0 radical (unpaired) electrons. The van der Waals surface area contributed by atoms with Crippen molar-refractivity contribution in [2.24, 2.45) is 27.2 Å². The molecule has 8 nitrogen and oxygen atoms in total. The third kappa shape index (κ3) is 3.59. The Kier molecular flexibility index (Phi) is 4.48. The number of hydrogen-bond donors (Lipinski definition) is 4. The maximum absolute atomic E-state index is 11.6. The van der Waals surface area contributed by atoms with Crippen LogP contribution < -0.4 is 17.2 Å². The standard InChI is InChI=1S/C18H16N6O2/c19-17(20)24-18(21)22-11-5-3-4-10(8-11)15-9-13(16(25)26)12-6-1-2-7-14(12)23-15/h1-9H,(H,25,26)(H6,19,20,21,22,24). The van der Waals surface area contributed by atoms with Crippen LogP contribution in [0, 0.1) is 0 Å². The topological polar surface area (TPSA) is 153 Å². The summed E-state index contributed by atoms with van der Waals surface area (Å²) in [6, 6.07) is 15.6. The number of aliphatic imine (C=N–C) groups is 2. The van der Waals surface area contributed by atoms with Gasteiger partial charge in [0.25, 0.3) is 0 Å². The fourth-order valence-electron chi connectivity index (χ4n) is 2.52. The molecule has 0 atom stereocenters. The van der Waals surface area contributed by atoms with E-state index in [4.69, 9.17) is 17.2 Å². The Hall–Kier alpha value is -3.94. The first-order valence-corrected chi connectivity index (χ1v) is 7.61. The molecule has 130 valence electrons. The molecule has 26 heavy (non-hydrogen) atoms. The van der Waals surface area contributed by atoms with E-state index >= 15 is 0 Å². The highest BCUT2D eigenvalue weighted by atomic mass is 16.4. The average molecular weight is 348 g/mol. The minimum atomic E-state index is -1.02. The van der Waals surface area contributed by atoms with Gasteiger partial charge in [-0.25, -0.2) is 14.8 Å². The smallest absolute Gasteiger partial charge is 0.336 e. The van der Waals surface area contributed by atoms with Crippen LogP contribution in [0.4, 0.5) is 5.69 Å². The molecule has 3 aromatic rings. The number of fused-ring (bicyclic) bond motifs is 1. The second-order valence-electron chi connectivity index (χ2n) is 5.43. The lowest BCUT2D eigenvalue weighted by molar-refractivity contribution is 0.0699. The summed E-state index contributed by atoms with van der Waals surface area (Å²) >= 11 is 0. The number of para-hydroxylation sites is 1. The summed E-state index contributed by atoms with van der Waals surface area (Å²) in [6.07, 6.45) is 0. The van der Waals surface area contributed by atoms with Gasteiger partial charge in [0.05, 0.1) is 22.5 Å². The SMILES string of the molecule is NC(N)=NC(N)=Nc1cccc(-c2cc(C(=O)O)c3ccccc3n2)c1. The summed E-state index contributed by atoms with van der Waals surface area (Å²) in [4.78, 5) is 23.9. The molecule has 3 rings (SSSR count). The lowest BCUT2D eigenvalue weighted by atomic mass is 10.0. The molecule has 0 aliphatic rings. The van der Waals surface area contributed by atoms with Crippen LogP contribution in [0.5, 0.6) is 0 Å². The molecule has 7 N–H and O–H groups in total. The first kappa shape index (κ1) is 16.9. The first-order chi connectivity index (χ1) is 12.4.